The van der Waals surface area contributed by atoms with Crippen molar-refractivity contribution in [3.05, 3.63) is 90.1 Å². The van der Waals surface area contributed by atoms with Crippen LogP contribution in [0.2, 0.25) is 0 Å². The first-order valence-corrected chi connectivity index (χ1v) is 15.9. The van der Waals surface area contributed by atoms with E-state index in [-0.39, 0.29) is 0 Å². The van der Waals surface area contributed by atoms with Gasteiger partial charge >= 0.3 is 0 Å². The van der Waals surface area contributed by atoms with Gasteiger partial charge in [-0.25, -0.2) is 0 Å². The normalized spacial score (nSPS) is 20.2. The van der Waals surface area contributed by atoms with Crippen LogP contribution < -0.4 is 16.0 Å². The van der Waals surface area contributed by atoms with Crippen molar-refractivity contribution in [3.8, 4) is 0 Å². The lowest BCUT2D eigenvalue weighted by molar-refractivity contribution is -0.106. The highest BCUT2D eigenvalue weighted by Gasteiger charge is 2.33. The molecule has 1 saturated heterocycles. The van der Waals surface area contributed by atoms with Crippen LogP contribution >= 0.6 is 0 Å². The lowest BCUT2D eigenvalue weighted by atomic mass is 9.81. The molecule has 2 aliphatic rings. The predicted molar refractivity (Wildman–Crippen MR) is 184 cm³/mol. The topological polar surface area (TPSA) is 90.5 Å². The Balaban J connectivity index is 0.000000416. The van der Waals surface area contributed by atoms with Crippen molar-refractivity contribution < 1.29 is 14.4 Å². The average Bonchev–Trinajstić information content (AvgIpc) is 3.52. The monoisotopic (exact) mass is 604 g/mol. The second kappa shape index (κ2) is 24.0. The molecule has 0 radical (unpaired) electrons. The highest BCUT2D eigenvalue weighted by atomic mass is 16.1. The van der Waals surface area contributed by atoms with Gasteiger partial charge in [0.15, 0.2) is 0 Å². The van der Waals surface area contributed by atoms with Crippen molar-refractivity contribution in [2.24, 2.45) is 5.41 Å². The SMILES string of the molecule is C=O.CC=O.CN(C)/C=C\C(=C/C=O)c1ccccc1.CNC1CCNCC2(CCCC2)CCCNC(c2ccccc2)C1. The van der Waals surface area contributed by atoms with Crippen molar-refractivity contribution in [2.75, 3.05) is 40.8 Å². The molecular formula is C37H56N4O3. The van der Waals surface area contributed by atoms with Gasteiger partial charge in [-0.05, 0) is 106 Å². The number of hydrogen-bond donors (Lipinski definition) is 3. The molecule has 242 valence electrons. The minimum absolute atomic E-state index is 0.461. The molecule has 4 rings (SSSR count). The average molecular weight is 605 g/mol. The summed E-state index contributed by atoms with van der Waals surface area (Å²) in [5.74, 6) is 0. The van der Waals surface area contributed by atoms with E-state index < -0.39 is 0 Å². The van der Waals surface area contributed by atoms with Crippen molar-refractivity contribution >= 4 is 24.9 Å². The molecular weight excluding hydrogens is 548 g/mol. The van der Waals surface area contributed by atoms with Gasteiger partial charge in [-0.2, -0.15) is 0 Å². The van der Waals surface area contributed by atoms with Crippen LogP contribution in [0.1, 0.15) is 75.5 Å². The highest BCUT2D eigenvalue weighted by molar-refractivity contribution is 5.86. The molecule has 1 aliphatic heterocycles. The molecule has 1 saturated carbocycles. The molecule has 7 nitrogen and oxygen atoms in total. The number of nitrogens with one attached hydrogen (secondary N) is 3. The van der Waals surface area contributed by atoms with Crippen LogP contribution in [0.25, 0.3) is 5.57 Å². The largest absolute Gasteiger partial charge is 0.383 e. The molecule has 0 bridgehead atoms. The Bertz CT molecular complexity index is 1070. The summed E-state index contributed by atoms with van der Waals surface area (Å²) in [5.41, 5.74) is 3.97. The summed E-state index contributed by atoms with van der Waals surface area (Å²) in [7, 11) is 6.00. The fourth-order valence-electron chi connectivity index (χ4n) is 5.88. The zero-order valence-corrected chi connectivity index (χ0v) is 27.5. The first-order valence-electron chi connectivity index (χ1n) is 15.9. The van der Waals surface area contributed by atoms with Gasteiger partial charge in [0, 0.05) is 32.7 Å². The summed E-state index contributed by atoms with van der Waals surface area (Å²) >= 11 is 0. The van der Waals surface area contributed by atoms with E-state index in [1.54, 1.807) is 6.08 Å². The fourth-order valence-corrected chi connectivity index (χ4v) is 5.88. The van der Waals surface area contributed by atoms with Crippen LogP contribution in [0.3, 0.4) is 0 Å². The zero-order chi connectivity index (χ0) is 32.5. The minimum Gasteiger partial charge on any atom is -0.383 e. The van der Waals surface area contributed by atoms with Gasteiger partial charge in [-0.15, -0.1) is 0 Å². The summed E-state index contributed by atoms with van der Waals surface area (Å²) in [6, 6.07) is 21.8. The molecule has 1 spiro atoms. The number of carbonyl (C=O) groups is 3. The van der Waals surface area contributed by atoms with Gasteiger partial charge < -0.3 is 30.4 Å². The number of nitrogens with zero attached hydrogens (tertiary/aromatic N) is 1. The van der Waals surface area contributed by atoms with Crippen LogP contribution in [-0.2, 0) is 14.4 Å². The van der Waals surface area contributed by atoms with Crippen molar-refractivity contribution in [3.63, 3.8) is 0 Å². The molecule has 0 aromatic heterocycles. The van der Waals surface area contributed by atoms with Crippen LogP contribution in [-0.4, -0.2) is 71.1 Å². The maximum Gasteiger partial charge on any atom is 0.143 e. The maximum absolute atomic E-state index is 10.5. The molecule has 2 aromatic rings. The van der Waals surface area contributed by atoms with Crippen molar-refractivity contribution in [1.29, 1.82) is 0 Å². The second-order valence-electron chi connectivity index (χ2n) is 11.6. The van der Waals surface area contributed by atoms with E-state index in [4.69, 9.17) is 9.59 Å². The number of carbonyl (C=O) groups excluding carboxylic acids is 3. The van der Waals surface area contributed by atoms with Crippen molar-refractivity contribution in [2.45, 2.75) is 70.4 Å². The van der Waals surface area contributed by atoms with E-state index in [0.717, 1.165) is 43.2 Å². The van der Waals surface area contributed by atoms with Gasteiger partial charge in [0.25, 0.3) is 0 Å². The summed E-state index contributed by atoms with van der Waals surface area (Å²) in [6.07, 6.45) is 17.7. The van der Waals surface area contributed by atoms with Gasteiger partial charge in [-0.1, -0.05) is 73.5 Å². The van der Waals surface area contributed by atoms with Crippen LogP contribution in [0, 0.1) is 5.41 Å². The summed E-state index contributed by atoms with van der Waals surface area (Å²) in [4.78, 5) is 29.2. The van der Waals surface area contributed by atoms with Crippen LogP contribution in [0.5, 0.6) is 0 Å². The Labute approximate surface area is 266 Å². The standard InChI is InChI=1S/C21H35N3.C13H15NO.C2H4O.CH2O/c1-22-19-10-15-23-17-21(11-5-6-12-21)13-7-14-24-20(16-19)18-8-3-2-4-9-18;1-14(2)10-8-13(9-11-15)12-6-4-3-5-7-12;1-2-3;1-2/h2-4,8-9,19-20,22-24H,5-7,10-17H2,1H3;3-11H,1-2H3;2H,1H3;1H2/b;10-8-,13-9+;;. The number of benzene rings is 2. The van der Waals surface area contributed by atoms with Crippen LogP contribution in [0.4, 0.5) is 0 Å². The molecule has 2 aromatic carbocycles. The molecule has 1 aliphatic carbocycles. The van der Waals surface area contributed by atoms with E-state index >= 15 is 0 Å². The predicted octanol–water partition coefficient (Wildman–Crippen LogP) is 5.99. The number of allylic oxidation sites excluding steroid dienone is 3. The zero-order valence-electron chi connectivity index (χ0n) is 27.5. The Morgan fingerprint density at radius 1 is 0.932 bits per heavy atom. The molecule has 0 amide bonds. The number of rotatable bonds is 6. The Hall–Kier alpha value is -3.39. The molecule has 7 heteroatoms. The smallest absolute Gasteiger partial charge is 0.143 e. The van der Waals surface area contributed by atoms with E-state index in [1.165, 1.54) is 64.0 Å². The Morgan fingerprint density at radius 3 is 2.09 bits per heavy atom. The summed E-state index contributed by atoms with van der Waals surface area (Å²) < 4.78 is 0. The van der Waals surface area contributed by atoms with Gasteiger partial charge in [0.05, 0.1) is 0 Å². The van der Waals surface area contributed by atoms with E-state index in [1.807, 2.05) is 68.4 Å². The van der Waals surface area contributed by atoms with E-state index in [2.05, 4.69) is 53.3 Å². The molecule has 3 N–H and O–H groups in total. The third-order valence-corrected chi connectivity index (χ3v) is 8.15. The third kappa shape index (κ3) is 15.4. The lowest BCUT2D eigenvalue weighted by Crippen LogP contribution is -2.39. The minimum atomic E-state index is 0.461. The third-order valence-electron chi connectivity index (χ3n) is 8.15. The molecule has 2 atom stereocenters. The molecule has 44 heavy (non-hydrogen) atoms. The molecule has 1 heterocycles. The van der Waals surface area contributed by atoms with Gasteiger partial charge in [-0.3, -0.25) is 4.79 Å². The second-order valence-corrected chi connectivity index (χ2v) is 11.6. The van der Waals surface area contributed by atoms with E-state index in [9.17, 15) is 4.79 Å². The Kier molecular flexibility index (Phi) is 21.1. The summed E-state index contributed by atoms with van der Waals surface area (Å²) in [6.45, 7) is 6.94. The maximum atomic E-state index is 10.5. The highest BCUT2D eigenvalue weighted by Crippen LogP contribution is 2.41. The fraction of sp³-hybridized carbons (Fsp3) is 0.486. The first kappa shape index (κ1) is 38.6. The molecule has 2 unspecified atom stereocenters. The summed E-state index contributed by atoms with van der Waals surface area (Å²) in [5, 5.41) is 11.2. The lowest BCUT2D eigenvalue weighted by Gasteiger charge is -2.32. The van der Waals surface area contributed by atoms with Gasteiger partial charge in [0.1, 0.15) is 19.4 Å². The van der Waals surface area contributed by atoms with Gasteiger partial charge in [0.2, 0.25) is 0 Å². The molecule has 2 fully saturated rings. The number of hydrogen-bond acceptors (Lipinski definition) is 7. The Morgan fingerprint density at radius 2 is 1.52 bits per heavy atom. The quantitative estimate of drug-likeness (QED) is 0.212. The van der Waals surface area contributed by atoms with Crippen molar-refractivity contribution in [1.82, 2.24) is 20.9 Å². The first-order chi connectivity index (χ1) is 21.5. The number of aldehydes is 2. The van der Waals surface area contributed by atoms with Crippen LogP contribution in [0.15, 0.2) is 79.0 Å². The van der Waals surface area contributed by atoms with E-state index in [0.29, 0.717) is 17.5 Å².